The van der Waals surface area contributed by atoms with Crippen molar-refractivity contribution in [2.24, 2.45) is 0 Å². The van der Waals surface area contributed by atoms with Crippen molar-refractivity contribution in [1.29, 1.82) is 5.26 Å². The number of pyridine rings is 1. The average Bonchev–Trinajstić information content (AvgIpc) is 2.47. The highest BCUT2D eigenvalue weighted by Gasteiger charge is 2.06. The summed E-state index contributed by atoms with van der Waals surface area (Å²) in [6.45, 7) is 0. The Bertz CT molecular complexity index is 803. The molecule has 0 amide bonds. The zero-order valence-corrected chi connectivity index (χ0v) is 10.0. The third-order valence-corrected chi connectivity index (χ3v) is 3.05. The maximum atomic E-state index is 9.47. The van der Waals surface area contributed by atoms with Crippen LogP contribution in [-0.2, 0) is 0 Å². The molecule has 0 aliphatic heterocycles. The van der Waals surface area contributed by atoms with E-state index in [-0.39, 0.29) is 11.3 Å². The number of hydrogen-bond donors (Lipinski definition) is 1. The van der Waals surface area contributed by atoms with Gasteiger partial charge in [-0.1, -0.05) is 36.4 Å². The minimum Gasteiger partial charge on any atom is -0.505 e. The summed E-state index contributed by atoms with van der Waals surface area (Å²) in [5, 5.41) is 20.7. The van der Waals surface area contributed by atoms with Crippen molar-refractivity contribution in [2.75, 3.05) is 0 Å². The Morgan fingerprint density at radius 1 is 1.00 bits per heavy atom. The first-order chi connectivity index (χ1) is 9.28. The van der Waals surface area contributed by atoms with Gasteiger partial charge in [0.1, 0.15) is 6.07 Å². The van der Waals surface area contributed by atoms with Crippen LogP contribution in [0.5, 0.6) is 5.75 Å². The third-order valence-electron chi connectivity index (χ3n) is 3.05. The van der Waals surface area contributed by atoms with Crippen LogP contribution in [0.25, 0.3) is 22.0 Å². The fourth-order valence-electron chi connectivity index (χ4n) is 2.04. The Morgan fingerprint density at radius 2 is 1.79 bits per heavy atom. The van der Waals surface area contributed by atoms with E-state index >= 15 is 0 Å². The highest BCUT2D eigenvalue weighted by atomic mass is 16.3. The Labute approximate surface area is 110 Å². The Kier molecular flexibility index (Phi) is 2.62. The first kappa shape index (κ1) is 11.2. The number of rotatable bonds is 1. The van der Waals surface area contributed by atoms with E-state index < -0.39 is 0 Å². The lowest BCUT2D eigenvalue weighted by Crippen LogP contribution is -1.86. The Hall–Kier alpha value is -2.86. The van der Waals surface area contributed by atoms with E-state index in [1.165, 1.54) is 6.20 Å². The molecule has 0 aliphatic rings. The molecule has 0 saturated heterocycles. The van der Waals surface area contributed by atoms with Crippen LogP contribution in [0.4, 0.5) is 0 Å². The summed E-state index contributed by atoms with van der Waals surface area (Å²) >= 11 is 0. The topological polar surface area (TPSA) is 56.9 Å². The minimum absolute atomic E-state index is 0.0907. The fraction of sp³-hybridized carbons (Fsp3) is 0. The molecule has 0 aliphatic carbocycles. The largest absolute Gasteiger partial charge is 0.505 e. The van der Waals surface area contributed by atoms with Gasteiger partial charge in [-0.2, -0.15) is 5.26 Å². The van der Waals surface area contributed by atoms with Crippen LogP contribution in [0.3, 0.4) is 0 Å². The molecule has 19 heavy (non-hydrogen) atoms. The van der Waals surface area contributed by atoms with Gasteiger partial charge in [0.15, 0.2) is 5.75 Å². The van der Waals surface area contributed by atoms with Crippen molar-refractivity contribution >= 4 is 10.8 Å². The number of aromatic nitrogens is 1. The summed E-state index contributed by atoms with van der Waals surface area (Å²) < 4.78 is 0. The van der Waals surface area contributed by atoms with Crippen LogP contribution >= 0.6 is 0 Å². The summed E-state index contributed by atoms with van der Waals surface area (Å²) in [5.74, 6) is -0.0907. The summed E-state index contributed by atoms with van der Waals surface area (Å²) in [6, 6.07) is 17.6. The molecule has 0 atom stereocenters. The lowest BCUT2D eigenvalue weighted by molar-refractivity contribution is 0.471. The molecule has 0 spiro atoms. The van der Waals surface area contributed by atoms with E-state index in [1.54, 1.807) is 6.07 Å². The zero-order valence-electron chi connectivity index (χ0n) is 10.0. The lowest BCUT2D eigenvalue weighted by Gasteiger charge is -2.04. The third kappa shape index (κ3) is 2.00. The molecule has 3 aromatic rings. The standard InChI is InChI=1S/C16H10N2O/c17-9-14-8-15(18-10-16(14)19)13-6-5-11-3-1-2-4-12(11)7-13/h1-8,10,19H. The number of nitriles is 1. The molecule has 1 heterocycles. The predicted molar refractivity (Wildman–Crippen MR) is 73.6 cm³/mol. The molecule has 3 rings (SSSR count). The van der Waals surface area contributed by atoms with Crippen LogP contribution in [-0.4, -0.2) is 10.1 Å². The van der Waals surface area contributed by atoms with Crippen molar-refractivity contribution in [2.45, 2.75) is 0 Å². The summed E-state index contributed by atoms with van der Waals surface area (Å²) in [4.78, 5) is 4.16. The van der Waals surface area contributed by atoms with E-state index in [2.05, 4.69) is 4.98 Å². The summed E-state index contributed by atoms with van der Waals surface area (Å²) in [7, 11) is 0. The monoisotopic (exact) mass is 246 g/mol. The molecular formula is C16H10N2O. The minimum atomic E-state index is -0.0907. The lowest BCUT2D eigenvalue weighted by atomic mass is 10.0. The summed E-state index contributed by atoms with van der Waals surface area (Å²) in [5.41, 5.74) is 1.84. The van der Waals surface area contributed by atoms with Crippen molar-refractivity contribution in [3.63, 3.8) is 0 Å². The first-order valence-corrected chi connectivity index (χ1v) is 5.86. The maximum Gasteiger partial charge on any atom is 0.151 e. The van der Waals surface area contributed by atoms with Gasteiger partial charge in [-0.25, -0.2) is 0 Å². The van der Waals surface area contributed by atoms with E-state index in [0.717, 1.165) is 16.3 Å². The van der Waals surface area contributed by atoms with E-state index in [1.807, 2.05) is 48.5 Å². The number of aromatic hydroxyl groups is 1. The van der Waals surface area contributed by atoms with Gasteiger partial charge in [-0.3, -0.25) is 4.98 Å². The zero-order chi connectivity index (χ0) is 13.2. The molecular weight excluding hydrogens is 236 g/mol. The summed E-state index contributed by atoms with van der Waals surface area (Å²) in [6.07, 6.45) is 1.31. The second kappa shape index (κ2) is 4.43. The van der Waals surface area contributed by atoms with Gasteiger partial charge in [-0.05, 0) is 22.9 Å². The highest BCUT2D eigenvalue weighted by Crippen LogP contribution is 2.25. The van der Waals surface area contributed by atoms with Crippen LogP contribution < -0.4 is 0 Å². The van der Waals surface area contributed by atoms with Gasteiger partial charge in [0.2, 0.25) is 0 Å². The molecule has 1 N–H and O–H groups in total. The molecule has 3 heteroatoms. The molecule has 90 valence electrons. The van der Waals surface area contributed by atoms with Crippen molar-refractivity contribution in [3.05, 3.63) is 60.3 Å². The number of fused-ring (bicyclic) bond motifs is 1. The van der Waals surface area contributed by atoms with Crippen LogP contribution in [0.1, 0.15) is 5.56 Å². The van der Waals surface area contributed by atoms with Crippen molar-refractivity contribution in [1.82, 2.24) is 4.98 Å². The maximum absolute atomic E-state index is 9.47. The molecule has 2 aromatic carbocycles. The molecule has 0 bridgehead atoms. The predicted octanol–water partition coefficient (Wildman–Crippen LogP) is 3.48. The quantitative estimate of drug-likeness (QED) is 0.715. The van der Waals surface area contributed by atoms with Gasteiger partial charge in [0.05, 0.1) is 17.5 Å². The molecule has 0 fully saturated rings. The molecule has 0 saturated carbocycles. The van der Waals surface area contributed by atoms with Crippen molar-refractivity contribution < 1.29 is 5.11 Å². The van der Waals surface area contributed by atoms with Crippen LogP contribution in [0, 0.1) is 11.3 Å². The van der Waals surface area contributed by atoms with E-state index in [9.17, 15) is 5.11 Å². The normalized spacial score (nSPS) is 10.3. The van der Waals surface area contributed by atoms with E-state index in [4.69, 9.17) is 5.26 Å². The molecule has 1 aromatic heterocycles. The molecule has 0 unspecified atom stereocenters. The Balaban J connectivity index is 2.16. The van der Waals surface area contributed by atoms with Crippen LogP contribution in [0.15, 0.2) is 54.7 Å². The average molecular weight is 246 g/mol. The van der Waals surface area contributed by atoms with E-state index in [0.29, 0.717) is 5.69 Å². The second-order valence-electron chi connectivity index (χ2n) is 4.26. The number of nitrogens with zero attached hydrogens (tertiary/aromatic N) is 2. The fourth-order valence-corrected chi connectivity index (χ4v) is 2.04. The number of hydrogen-bond acceptors (Lipinski definition) is 3. The Morgan fingerprint density at radius 3 is 2.58 bits per heavy atom. The SMILES string of the molecule is N#Cc1cc(-c2ccc3ccccc3c2)ncc1O. The highest BCUT2D eigenvalue weighted by molar-refractivity contribution is 5.86. The number of benzene rings is 2. The smallest absolute Gasteiger partial charge is 0.151 e. The van der Waals surface area contributed by atoms with Crippen molar-refractivity contribution in [3.8, 4) is 23.1 Å². The first-order valence-electron chi connectivity index (χ1n) is 5.86. The van der Waals surface area contributed by atoms with Gasteiger partial charge in [-0.15, -0.1) is 0 Å². The second-order valence-corrected chi connectivity index (χ2v) is 4.26. The molecule has 3 nitrogen and oxygen atoms in total. The van der Waals surface area contributed by atoms with Gasteiger partial charge < -0.3 is 5.11 Å². The van der Waals surface area contributed by atoms with Crippen LogP contribution in [0.2, 0.25) is 0 Å². The molecule has 0 radical (unpaired) electrons. The van der Waals surface area contributed by atoms with Gasteiger partial charge in [0, 0.05) is 5.56 Å². The van der Waals surface area contributed by atoms with Gasteiger partial charge in [0.25, 0.3) is 0 Å². The van der Waals surface area contributed by atoms with Gasteiger partial charge >= 0.3 is 0 Å².